The van der Waals surface area contributed by atoms with Gasteiger partial charge in [-0.3, -0.25) is 9.99 Å². The maximum atomic E-state index is 13.9. The van der Waals surface area contributed by atoms with Gasteiger partial charge in [-0.25, -0.2) is 13.8 Å². The number of anilines is 3. The van der Waals surface area contributed by atoms with Gasteiger partial charge in [0.15, 0.2) is 5.82 Å². The van der Waals surface area contributed by atoms with Gasteiger partial charge in [-0.2, -0.15) is 9.65 Å². The van der Waals surface area contributed by atoms with Gasteiger partial charge in [-0.05, 0) is 50.6 Å². The topological polar surface area (TPSA) is 101 Å². The fourth-order valence-corrected chi connectivity index (χ4v) is 4.46. The zero-order valence-corrected chi connectivity index (χ0v) is 22.4. The molecule has 204 valence electrons. The van der Waals surface area contributed by atoms with Crippen molar-refractivity contribution in [2.75, 3.05) is 10.6 Å². The summed E-state index contributed by atoms with van der Waals surface area (Å²) in [5, 5.41) is 18.8. The van der Waals surface area contributed by atoms with Crippen LogP contribution in [0.3, 0.4) is 0 Å². The molecule has 5 rings (SSSR count). The minimum atomic E-state index is -1.23. The number of hydrazine groups is 2. The predicted molar refractivity (Wildman–Crippen MR) is 148 cm³/mol. The third-order valence-corrected chi connectivity index (χ3v) is 6.54. The first-order chi connectivity index (χ1) is 19.0. The second kappa shape index (κ2) is 10.6. The molecule has 3 heterocycles. The zero-order valence-electron chi connectivity index (χ0n) is 21.7. The summed E-state index contributed by atoms with van der Waals surface area (Å²) in [6.07, 6.45) is 4.38. The van der Waals surface area contributed by atoms with Gasteiger partial charge in [0.2, 0.25) is 5.95 Å². The summed E-state index contributed by atoms with van der Waals surface area (Å²) < 4.78 is 41.0. The number of nitrogens with one attached hydrogen (secondary N) is 4. The smallest absolute Gasteiger partial charge is 0.249 e. The number of nitrogens with zero attached hydrogens (tertiary/aromatic N) is 4. The summed E-state index contributed by atoms with van der Waals surface area (Å²) in [7, 11) is 0. The lowest BCUT2D eigenvalue weighted by Gasteiger charge is -2.30. The number of pyridine rings is 2. The van der Waals surface area contributed by atoms with Crippen LogP contribution in [0.5, 0.6) is 0 Å². The molecule has 1 unspecified atom stereocenters. The molecule has 1 aliphatic rings. The van der Waals surface area contributed by atoms with E-state index in [1.165, 1.54) is 18.3 Å². The third kappa shape index (κ3) is 5.45. The largest absolute Gasteiger partial charge is 0.373 e. The lowest BCUT2D eigenvalue weighted by molar-refractivity contribution is 0.138. The van der Waals surface area contributed by atoms with Crippen LogP contribution in [0.1, 0.15) is 37.9 Å². The van der Waals surface area contributed by atoms with E-state index >= 15 is 0 Å². The maximum Gasteiger partial charge on any atom is 0.249 e. The van der Waals surface area contributed by atoms with Gasteiger partial charge in [0.25, 0.3) is 0 Å². The van der Waals surface area contributed by atoms with Crippen LogP contribution in [0.25, 0.3) is 10.9 Å². The molecule has 2 aromatic heterocycles. The molecule has 4 aromatic rings. The highest BCUT2D eigenvalue weighted by molar-refractivity contribution is 6.36. The van der Waals surface area contributed by atoms with Crippen LogP contribution in [-0.4, -0.2) is 20.5 Å². The third-order valence-electron chi connectivity index (χ3n) is 6.25. The number of hydrogen-bond donors (Lipinski definition) is 4. The molecular weight excluding hydrogens is 541 g/mol. The Labute approximate surface area is 233 Å². The molecule has 0 amide bonds. The first kappa shape index (κ1) is 27.1. The van der Waals surface area contributed by atoms with Crippen LogP contribution in [0.15, 0.2) is 66.8 Å². The van der Waals surface area contributed by atoms with Crippen molar-refractivity contribution in [3.05, 3.63) is 100 Å². The van der Waals surface area contributed by atoms with Crippen molar-refractivity contribution in [3.63, 3.8) is 0 Å². The molecule has 0 radical (unpaired) electrons. The van der Waals surface area contributed by atoms with Gasteiger partial charge in [0, 0.05) is 35.1 Å². The van der Waals surface area contributed by atoms with Crippen molar-refractivity contribution < 1.29 is 13.2 Å². The molecule has 12 heteroatoms. The minimum Gasteiger partial charge on any atom is -0.373 e. The van der Waals surface area contributed by atoms with Crippen LogP contribution in [0.2, 0.25) is 5.02 Å². The molecule has 1 aliphatic heterocycles. The van der Waals surface area contributed by atoms with Gasteiger partial charge >= 0.3 is 0 Å². The number of nitriles is 1. The van der Waals surface area contributed by atoms with Crippen molar-refractivity contribution in [2.45, 2.75) is 32.4 Å². The van der Waals surface area contributed by atoms with E-state index < -0.39 is 17.8 Å². The zero-order chi connectivity index (χ0) is 28.6. The molecule has 40 heavy (non-hydrogen) atoms. The van der Waals surface area contributed by atoms with Crippen LogP contribution < -0.4 is 21.6 Å². The van der Waals surface area contributed by atoms with Crippen LogP contribution in [0, 0.1) is 28.9 Å². The maximum absolute atomic E-state index is 13.9. The lowest BCUT2D eigenvalue weighted by Crippen LogP contribution is -2.47. The highest BCUT2D eigenvalue weighted by Crippen LogP contribution is 2.37. The summed E-state index contributed by atoms with van der Waals surface area (Å²) in [6.45, 7) is 6.13. The van der Waals surface area contributed by atoms with Crippen molar-refractivity contribution in [3.8, 4) is 6.07 Å². The summed E-state index contributed by atoms with van der Waals surface area (Å²) in [6, 6.07) is 12.1. The SMILES string of the molecule is CC(C)(C)N1C=C(C(Nc2cc(Cl)c3ncc(C#N)c(Nc4cnc(F)c(F)c4)c3c2)c2ccc(F)cc2)NN1. The van der Waals surface area contributed by atoms with Gasteiger partial charge < -0.3 is 16.1 Å². The van der Waals surface area contributed by atoms with Crippen LogP contribution >= 0.6 is 11.6 Å². The summed E-state index contributed by atoms with van der Waals surface area (Å²) in [4.78, 5) is 7.74. The summed E-state index contributed by atoms with van der Waals surface area (Å²) >= 11 is 6.64. The lowest BCUT2D eigenvalue weighted by atomic mass is 10.0. The Balaban J connectivity index is 1.59. The van der Waals surface area contributed by atoms with E-state index in [4.69, 9.17) is 11.6 Å². The Morgan fingerprint density at radius 2 is 1.77 bits per heavy atom. The molecule has 0 saturated carbocycles. The monoisotopic (exact) mass is 564 g/mol. The van der Waals surface area contributed by atoms with E-state index in [1.54, 1.807) is 24.3 Å². The number of hydrogen-bond acceptors (Lipinski definition) is 8. The molecule has 0 saturated heterocycles. The van der Waals surface area contributed by atoms with E-state index in [9.17, 15) is 18.4 Å². The molecule has 0 aliphatic carbocycles. The van der Waals surface area contributed by atoms with Crippen molar-refractivity contribution in [2.24, 2.45) is 0 Å². The number of benzene rings is 2. The molecular formula is C28H24ClF3N8. The van der Waals surface area contributed by atoms with Crippen molar-refractivity contribution in [1.29, 1.82) is 5.26 Å². The molecule has 0 bridgehead atoms. The van der Waals surface area contributed by atoms with Gasteiger partial charge in [0.05, 0.1) is 45.4 Å². The average molecular weight is 565 g/mol. The number of aromatic nitrogens is 2. The average Bonchev–Trinajstić information content (AvgIpc) is 3.41. The van der Waals surface area contributed by atoms with E-state index in [1.807, 2.05) is 32.0 Å². The summed E-state index contributed by atoms with van der Waals surface area (Å²) in [5.74, 6) is -2.74. The highest BCUT2D eigenvalue weighted by Gasteiger charge is 2.28. The summed E-state index contributed by atoms with van der Waals surface area (Å²) in [5.41, 5.74) is 9.13. The normalized spacial score (nSPS) is 13.9. The Kier molecular flexibility index (Phi) is 7.14. The fourth-order valence-electron chi connectivity index (χ4n) is 4.20. The molecule has 0 spiro atoms. The minimum absolute atomic E-state index is 0.134. The standard InChI is InChI=1S/C28H24ClF3N8/c1-28(2,3)40-14-23(38-39-40)25(15-4-6-17(30)7-5-15)36-18-8-20-24(37-19-10-22(31)27(32)35-13-19)16(11-33)12-34-26(20)21(29)9-18/h4-10,12-14,25,36,38-39H,1-3H3,(H,34,37). The van der Waals surface area contributed by atoms with Crippen molar-refractivity contribution in [1.82, 2.24) is 25.9 Å². The van der Waals surface area contributed by atoms with E-state index in [-0.39, 0.29) is 27.6 Å². The number of halogens is 4. The highest BCUT2D eigenvalue weighted by atomic mass is 35.5. The molecule has 2 aromatic carbocycles. The van der Waals surface area contributed by atoms with Crippen LogP contribution in [0.4, 0.5) is 30.2 Å². The van der Waals surface area contributed by atoms with E-state index in [0.717, 1.165) is 23.5 Å². The number of fused-ring (bicyclic) bond motifs is 1. The number of rotatable bonds is 6. The fraction of sp³-hybridized carbons (Fsp3) is 0.179. The van der Waals surface area contributed by atoms with Gasteiger partial charge in [-0.15, -0.1) is 5.53 Å². The molecule has 8 nitrogen and oxygen atoms in total. The van der Waals surface area contributed by atoms with Gasteiger partial charge in [0.1, 0.15) is 11.9 Å². The quantitative estimate of drug-likeness (QED) is 0.199. The first-order valence-corrected chi connectivity index (χ1v) is 12.6. The molecule has 0 fully saturated rings. The second-order valence-electron chi connectivity index (χ2n) is 10.1. The Bertz CT molecular complexity index is 1660. The second-order valence-corrected chi connectivity index (χ2v) is 10.5. The predicted octanol–water partition coefficient (Wildman–Crippen LogP) is 6.43. The molecule has 1 atom stereocenters. The van der Waals surface area contributed by atoms with Crippen LogP contribution in [-0.2, 0) is 0 Å². The Hall–Kier alpha value is -4.53. The Morgan fingerprint density at radius 3 is 2.42 bits per heavy atom. The molecule has 4 N–H and O–H groups in total. The van der Waals surface area contributed by atoms with E-state index in [0.29, 0.717) is 22.3 Å². The van der Waals surface area contributed by atoms with Gasteiger partial charge in [-0.1, -0.05) is 23.7 Å². The first-order valence-electron chi connectivity index (χ1n) is 12.2. The van der Waals surface area contributed by atoms with Crippen molar-refractivity contribution >= 4 is 39.6 Å². The van der Waals surface area contributed by atoms with E-state index in [2.05, 4.69) is 37.6 Å². The Morgan fingerprint density at radius 1 is 1.02 bits per heavy atom.